The molecule has 0 unspecified atom stereocenters. The number of aromatic nitrogens is 2. The number of hydrogen-bond acceptors (Lipinski definition) is 3. The van der Waals surface area contributed by atoms with Crippen LogP contribution in [0.1, 0.15) is 5.69 Å². The molecule has 0 aromatic carbocycles. The van der Waals surface area contributed by atoms with Crippen LogP contribution < -0.4 is 0 Å². The van der Waals surface area contributed by atoms with Crippen LogP contribution >= 0.6 is 11.6 Å². The highest BCUT2D eigenvalue weighted by Crippen LogP contribution is 2.36. The van der Waals surface area contributed by atoms with E-state index in [1.165, 1.54) is 0 Å². The van der Waals surface area contributed by atoms with Gasteiger partial charge in [0.2, 0.25) is 0 Å². The summed E-state index contributed by atoms with van der Waals surface area (Å²) in [4.78, 5) is 6.00. The van der Waals surface area contributed by atoms with E-state index >= 15 is 0 Å². The maximum Gasteiger partial charge on any atom is 0.437 e. The zero-order valence-electron chi connectivity index (χ0n) is 5.43. The van der Waals surface area contributed by atoms with Crippen molar-refractivity contribution in [2.45, 2.75) is 6.18 Å². The van der Waals surface area contributed by atoms with Crippen LogP contribution in [0.5, 0.6) is 5.75 Å². The van der Waals surface area contributed by atoms with E-state index in [0.29, 0.717) is 6.33 Å². The van der Waals surface area contributed by atoms with Gasteiger partial charge >= 0.3 is 6.18 Å². The van der Waals surface area contributed by atoms with Gasteiger partial charge in [-0.15, -0.1) is 0 Å². The Balaban J connectivity index is 3.26. The van der Waals surface area contributed by atoms with E-state index in [4.69, 9.17) is 16.7 Å². The third-order valence-electron chi connectivity index (χ3n) is 1.05. The molecule has 1 aromatic rings. The molecular formula is C5H2ClF3N2O. The second-order valence-electron chi connectivity index (χ2n) is 1.86. The molecule has 0 amide bonds. The molecule has 0 bridgehead atoms. The zero-order chi connectivity index (χ0) is 9.35. The molecule has 0 fully saturated rings. The van der Waals surface area contributed by atoms with Gasteiger partial charge < -0.3 is 5.11 Å². The number of aromatic hydroxyl groups is 1. The Bertz CT molecular complexity index is 301. The first-order valence-electron chi connectivity index (χ1n) is 2.69. The van der Waals surface area contributed by atoms with Crippen molar-refractivity contribution in [2.75, 3.05) is 0 Å². The first-order valence-corrected chi connectivity index (χ1v) is 3.07. The number of halogens is 4. The van der Waals surface area contributed by atoms with Crippen molar-refractivity contribution in [1.82, 2.24) is 9.97 Å². The highest BCUT2D eigenvalue weighted by Gasteiger charge is 2.36. The van der Waals surface area contributed by atoms with Crippen LogP contribution in [0.2, 0.25) is 5.15 Å². The number of hydrogen-bond donors (Lipinski definition) is 1. The predicted molar refractivity (Wildman–Crippen MR) is 33.7 cm³/mol. The lowest BCUT2D eigenvalue weighted by Crippen LogP contribution is -2.08. The fourth-order valence-corrected chi connectivity index (χ4v) is 0.698. The largest absolute Gasteiger partial charge is 0.503 e. The Morgan fingerprint density at radius 2 is 1.92 bits per heavy atom. The molecule has 0 atom stereocenters. The number of rotatable bonds is 0. The fraction of sp³-hybridized carbons (Fsp3) is 0.200. The predicted octanol–water partition coefficient (Wildman–Crippen LogP) is 1.85. The molecule has 1 N–H and O–H groups in total. The summed E-state index contributed by atoms with van der Waals surface area (Å²) in [6, 6.07) is 0. The van der Waals surface area contributed by atoms with E-state index < -0.39 is 22.8 Å². The second-order valence-corrected chi connectivity index (χ2v) is 2.22. The van der Waals surface area contributed by atoms with Crippen LogP contribution in [-0.2, 0) is 6.18 Å². The minimum Gasteiger partial charge on any atom is -0.503 e. The number of alkyl halides is 3. The molecule has 0 saturated carbocycles. The molecule has 0 aliphatic rings. The number of nitrogens with zero attached hydrogens (tertiary/aromatic N) is 2. The van der Waals surface area contributed by atoms with E-state index in [9.17, 15) is 13.2 Å². The normalized spacial score (nSPS) is 11.7. The van der Waals surface area contributed by atoms with Gasteiger partial charge in [0.15, 0.2) is 16.6 Å². The molecule has 1 heterocycles. The lowest BCUT2D eigenvalue weighted by Gasteiger charge is -2.06. The average Bonchev–Trinajstić information content (AvgIpc) is 1.92. The molecule has 3 nitrogen and oxygen atoms in total. The van der Waals surface area contributed by atoms with E-state index in [0.717, 1.165) is 0 Å². The third kappa shape index (κ3) is 1.58. The molecule has 12 heavy (non-hydrogen) atoms. The van der Waals surface area contributed by atoms with Gasteiger partial charge in [-0.1, -0.05) is 11.6 Å². The van der Waals surface area contributed by atoms with E-state index in [2.05, 4.69) is 9.97 Å². The van der Waals surface area contributed by atoms with Gasteiger partial charge in [0.25, 0.3) is 0 Å². The van der Waals surface area contributed by atoms with Crippen LogP contribution in [0.25, 0.3) is 0 Å². The minimum absolute atomic E-state index is 0.614. The molecule has 0 saturated heterocycles. The van der Waals surface area contributed by atoms with Crippen molar-refractivity contribution in [1.29, 1.82) is 0 Å². The Morgan fingerprint density at radius 1 is 1.33 bits per heavy atom. The SMILES string of the molecule is Oc1c(Cl)ncnc1C(F)(F)F. The van der Waals surface area contributed by atoms with Crippen LogP contribution in [0.3, 0.4) is 0 Å². The molecule has 0 aliphatic heterocycles. The van der Waals surface area contributed by atoms with Crippen LogP contribution in [0.15, 0.2) is 6.33 Å². The Kier molecular flexibility index (Phi) is 2.10. The van der Waals surface area contributed by atoms with Crippen molar-refractivity contribution < 1.29 is 18.3 Å². The average molecular weight is 199 g/mol. The van der Waals surface area contributed by atoms with Gasteiger partial charge in [-0.05, 0) is 0 Å². The van der Waals surface area contributed by atoms with E-state index in [1.54, 1.807) is 0 Å². The maximum atomic E-state index is 11.9. The lowest BCUT2D eigenvalue weighted by molar-refractivity contribution is -0.142. The minimum atomic E-state index is -4.71. The Morgan fingerprint density at radius 3 is 2.33 bits per heavy atom. The standard InChI is InChI=1S/C5H2ClF3N2O/c6-4-2(12)3(5(7,8)9)10-1-11-4/h1,12H. The molecule has 0 radical (unpaired) electrons. The topological polar surface area (TPSA) is 46.0 Å². The van der Waals surface area contributed by atoms with Crippen molar-refractivity contribution in [3.63, 3.8) is 0 Å². The summed E-state index contributed by atoms with van der Waals surface area (Å²) in [5.74, 6) is -1.15. The van der Waals surface area contributed by atoms with Gasteiger partial charge in [-0.2, -0.15) is 13.2 Å². The smallest absolute Gasteiger partial charge is 0.437 e. The Hall–Kier alpha value is -1.04. The summed E-state index contributed by atoms with van der Waals surface area (Å²) < 4.78 is 35.8. The molecular weight excluding hydrogens is 197 g/mol. The lowest BCUT2D eigenvalue weighted by atomic mass is 10.4. The van der Waals surface area contributed by atoms with Crippen molar-refractivity contribution in [3.8, 4) is 5.75 Å². The highest BCUT2D eigenvalue weighted by atomic mass is 35.5. The first kappa shape index (κ1) is 9.05. The van der Waals surface area contributed by atoms with Gasteiger partial charge in [0.1, 0.15) is 6.33 Å². The van der Waals surface area contributed by atoms with Crippen LogP contribution in [0, 0.1) is 0 Å². The summed E-state index contributed by atoms with van der Waals surface area (Å²) in [6.45, 7) is 0. The van der Waals surface area contributed by atoms with E-state index in [1.807, 2.05) is 0 Å². The van der Waals surface area contributed by atoms with E-state index in [-0.39, 0.29) is 0 Å². The van der Waals surface area contributed by atoms with Crippen molar-refractivity contribution in [2.24, 2.45) is 0 Å². The Labute approximate surface area is 69.8 Å². The van der Waals surface area contributed by atoms with Crippen LogP contribution in [-0.4, -0.2) is 15.1 Å². The molecule has 0 spiro atoms. The van der Waals surface area contributed by atoms with Crippen molar-refractivity contribution >= 4 is 11.6 Å². The molecule has 1 aromatic heterocycles. The van der Waals surface area contributed by atoms with Crippen LogP contribution in [0.4, 0.5) is 13.2 Å². The quantitative estimate of drug-likeness (QED) is 0.647. The molecule has 66 valence electrons. The summed E-state index contributed by atoms with van der Waals surface area (Å²) in [5, 5.41) is 8.14. The summed E-state index contributed by atoms with van der Waals surface area (Å²) >= 11 is 5.12. The van der Waals surface area contributed by atoms with Crippen molar-refractivity contribution in [3.05, 3.63) is 17.2 Å². The van der Waals surface area contributed by atoms with Gasteiger partial charge in [-0.25, -0.2) is 9.97 Å². The third-order valence-corrected chi connectivity index (χ3v) is 1.32. The maximum absolute atomic E-state index is 11.9. The molecule has 1 rings (SSSR count). The second kappa shape index (κ2) is 2.78. The summed E-state index contributed by atoms with van der Waals surface area (Å²) in [7, 11) is 0. The monoisotopic (exact) mass is 198 g/mol. The van der Waals surface area contributed by atoms with Gasteiger partial charge in [-0.3, -0.25) is 0 Å². The van der Waals surface area contributed by atoms with Gasteiger partial charge in [0.05, 0.1) is 0 Å². The highest BCUT2D eigenvalue weighted by molar-refractivity contribution is 6.30. The molecule has 7 heteroatoms. The fourth-order valence-electron chi connectivity index (χ4n) is 0.565. The van der Waals surface area contributed by atoms with Gasteiger partial charge in [0, 0.05) is 0 Å². The summed E-state index contributed by atoms with van der Waals surface area (Å²) in [5.41, 5.74) is -1.43. The molecule has 0 aliphatic carbocycles. The summed E-state index contributed by atoms with van der Waals surface area (Å²) in [6.07, 6.45) is -4.08. The first-order chi connectivity index (χ1) is 5.43. The zero-order valence-corrected chi connectivity index (χ0v) is 6.19.